The van der Waals surface area contributed by atoms with E-state index in [0.717, 1.165) is 25.9 Å². The Kier molecular flexibility index (Phi) is 7.29. The van der Waals surface area contributed by atoms with Crippen LogP contribution in [0.3, 0.4) is 0 Å². The van der Waals surface area contributed by atoms with Gasteiger partial charge in [-0.25, -0.2) is 0 Å². The molecule has 0 aliphatic rings. The smallest absolute Gasteiger partial charge is 0.0702 e. The van der Waals surface area contributed by atoms with Gasteiger partial charge in [-0.05, 0) is 33.4 Å². The van der Waals surface area contributed by atoms with Gasteiger partial charge in [0.1, 0.15) is 0 Å². The third-order valence-electron chi connectivity index (χ3n) is 2.51. The highest BCUT2D eigenvalue weighted by Gasteiger charge is 2.11. The first-order valence-electron chi connectivity index (χ1n) is 5.47. The van der Waals surface area contributed by atoms with Crippen molar-refractivity contribution in [1.82, 2.24) is 4.90 Å². The maximum Gasteiger partial charge on any atom is 0.0702 e. The molecular formula is C11H25NO. The maximum absolute atomic E-state index is 5.88. The van der Waals surface area contributed by atoms with Crippen LogP contribution < -0.4 is 0 Å². The lowest BCUT2D eigenvalue weighted by molar-refractivity contribution is -0.0193. The van der Waals surface area contributed by atoms with E-state index in [1.165, 1.54) is 0 Å². The Hall–Kier alpha value is -0.0800. The molecule has 13 heavy (non-hydrogen) atoms. The van der Waals surface area contributed by atoms with Gasteiger partial charge in [0.2, 0.25) is 0 Å². The van der Waals surface area contributed by atoms with Gasteiger partial charge < -0.3 is 9.64 Å². The molecular weight excluding hydrogens is 162 g/mol. The molecule has 0 aromatic rings. The van der Waals surface area contributed by atoms with Crippen molar-refractivity contribution < 1.29 is 4.74 Å². The standard InChI is InChI=1S/C11H25NO/c1-6-10(4)13-11(7-2)9-12(5)8-3/h10-11H,6-9H2,1-5H3. The van der Waals surface area contributed by atoms with Crippen molar-refractivity contribution >= 4 is 0 Å². The average molecular weight is 187 g/mol. The van der Waals surface area contributed by atoms with Gasteiger partial charge in [-0.1, -0.05) is 20.8 Å². The summed E-state index contributed by atoms with van der Waals surface area (Å²) in [5.41, 5.74) is 0. The zero-order valence-electron chi connectivity index (χ0n) is 9.84. The average Bonchev–Trinajstić information content (AvgIpc) is 2.16. The van der Waals surface area contributed by atoms with E-state index in [-0.39, 0.29) is 0 Å². The van der Waals surface area contributed by atoms with E-state index in [0.29, 0.717) is 12.2 Å². The minimum Gasteiger partial charge on any atom is -0.374 e. The molecule has 0 aromatic heterocycles. The van der Waals surface area contributed by atoms with Crippen LogP contribution in [0.5, 0.6) is 0 Å². The highest BCUT2D eigenvalue weighted by molar-refractivity contribution is 4.62. The van der Waals surface area contributed by atoms with Crippen LogP contribution in [-0.2, 0) is 4.74 Å². The van der Waals surface area contributed by atoms with E-state index in [1.807, 2.05) is 0 Å². The van der Waals surface area contributed by atoms with Crippen molar-refractivity contribution in [3.63, 3.8) is 0 Å². The molecule has 2 unspecified atom stereocenters. The normalized spacial score (nSPS) is 16.2. The van der Waals surface area contributed by atoms with E-state index >= 15 is 0 Å². The quantitative estimate of drug-likeness (QED) is 0.607. The Balaban J connectivity index is 3.74. The highest BCUT2D eigenvalue weighted by Crippen LogP contribution is 2.06. The van der Waals surface area contributed by atoms with Crippen LogP contribution in [0, 0.1) is 0 Å². The lowest BCUT2D eigenvalue weighted by Crippen LogP contribution is -2.32. The lowest BCUT2D eigenvalue weighted by atomic mass is 10.2. The van der Waals surface area contributed by atoms with Gasteiger partial charge in [-0.15, -0.1) is 0 Å². The first kappa shape index (κ1) is 12.9. The molecule has 2 nitrogen and oxygen atoms in total. The Morgan fingerprint density at radius 3 is 2.15 bits per heavy atom. The summed E-state index contributed by atoms with van der Waals surface area (Å²) in [6.45, 7) is 10.8. The molecule has 2 heteroatoms. The second-order valence-electron chi connectivity index (χ2n) is 3.74. The van der Waals surface area contributed by atoms with Gasteiger partial charge in [0.05, 0.1) is 12.2 Å². The third-order valence-corrected chi connectivity index (χ3v) is 2.51. The fraction of sp³-hybridized carbons (Fsp3) is 1.00. The first-order chi connectivity index (χ1) is 6.13. The number of hydrogen-bond acceptors (Lipinski definition) is 2. The van der Waals surface area contributed by atoms with E-state index < -0.39 is 0 Å². The number of nitrogens with zero attached hydrogens (tertiary/aromatic N) is 1. The predicted molar refractivity (Wildman–Crippen MR) is 58.1 cm³/mol. The molecule has 0 saturated heterocycles. The summed E-state index contributed by atoms with van der Waals surface area (Å²) in [5, 5.41) is 0. The monoisotopic (exact) mass is 187 g/mol. The second-order valence-corrected chi connectivity index (χ2v) is 3.74. The second kappa shape index (κ2) is 7.34. The van der Waals surface area contributed by atoms with Crippen LogP contribution in [0.2, 0.25) is 0 Å². The van der Waals surface area contributed by atoms with Crippen LogP contribution >= 0.6 is 0 Å². The molecule has 0 aliphatic heterocycles. The molecule has 0 rings (SSSR count). The summed E-state index contributed by atoms with van der Waals surface area (Å²) < 4.78 is 5.88. The van der Waals surface area contributed by atoms with Gasteiger partial charge in [0.15, 0.2) is 0 Å². The van der Waals surface area contributed by atoms with Crippen LogP contribution in [0.1, 0.15) is 40.5 Å². The Morgan fingerprint density at radius 2 is 1.77 bits per heavy atom. The zero-order chi connectivity index (χ0) is 10.3. The predicted octanol–water partition coefficient (Wildman–Crippen LogP) is 2.53. The molecule has 0 fully saturated rings. The fourth-order valence-corrected chi connectivity index (χ4v) is 1.17. The molecule has 0 radical (unpaired) electrons. The van der Waals surface area contributed by atoms with E-state index in [1.54, 1.807) is 0 Å². The van der Waals surface area contributed by atoms with Crippen molar-refractivity contribution in [3.8, 4) is 0 Å². The molecule has 80 valence electrons. The Labute approximate surface area is 83.3 Å². The minimum absolute atomic E-state index is 0.398. The lowest BCUT2D eigenvalue weighted by Gasteiger charge is -2.25. The minimum atomic E-state index is 0.398. The van der Waals surface area contributed by atoms with Crippen molar-refractivity contribution in [2.24, 2.45) is 0 Å². The number of rotatable bonds is 7. The van der Waals surface area contributed by atoms with E-state index in [9.17, 15) is 0 Å². The summed E-state index contributed by atoms with van der Waals surface area (Å²) in [6.07, 6.45) is 3.01. The Bertz CT molecular complexity index is 105. The zero-order valence-corrected chi connectivity index (χ0v) is 9.84. The van der Waals surface area contributed by atoms with Crippen molar-refractivity contribution in [2.75, 3.05) is 20.1 Å². The molecule has 0 amide bonds. The van der Waals surface area contributed by atoms with Crippen molar-refractivity contribution in [1.29, 1.82) is 0 Å². The van der Waals surface area contributed by atoms with Crippen LogP contribution in [0.15, 0.2) is 0 Å². The molecule has 0 spiro atoms. The van der Waals surface area contributed by atoms with Crippen molar-refractivity contribution in [3.05, 3.63) is 0 Å². The molecule has 2 atom stereocenters. The molecule has 0 bridgehead atoms. The van der Waals surface area contributed by atoms with Gasteiger partial charge in [0, 0.05) is 6.54 Å². The third kappa shape index (κ3) is 6.05. The number of ether oxygens (including phenoxy) is 1. The summed E-state index contributed by atoms with van der Waals surface area (Å²) in [4.78, 5) is 2.30. The van der Waals surface area contributed by atoms with E-state index in [4.69, 9.17) is 4.74 Å². The largest absolute Gasteiger partial charge is 0.374 e. The maximum atomic E-state index is 5.88. The first-order valence-corrected chi connectivity index (χ1v) is 5.47. The molecule has 0 heterocycles. The summed E-state index contributed by atoms with van der Waals surface area (Å²) >= 11 is 0. The number of hydrogen-bond donors (Lipinski definition) is 0. The van der Waals surface area contributed by atoms with Gasteiger partial charge in [-0.2, -0.15) is 0 Å². The van der Waals surface area contributed by atoms with Gasteiger partial charge in [-0.3, -0.25) is 0 Å². The van der Waals surface area contributed by atoms with Gasteiger partial charge in [0.25, 0.3) is 0 Å². The molecule has 0 saturated carbocycles. The SMILES string of the molecule is CCC(C)OC(CC)CN(C)CC. The van der Waals surface area contributed by atoms with Gasteiger partial charge >= 0.3 is 0 Å². The van der Waals surface area contributed by atoms with Crippen LogP contribution in [-0.4, -0.2) is 37.2 Å². The molecule has 0 aliphatic carbocycles. The summed E-state index contributed by atoms with van der Waals surface area (Å²) in [7, 11) is 2.14. The summed E-state index contributed by atoms with van der Waals surface area (Å²) in [6, 6.07) is 0. The van der Waals surface area contributed by atoms with Crippen LogP contribution in [0.25, 0.3) is 0 Å². The van der Waals surface area contributed by atoms with Crippen LogP contribution in [0.4, 0.5) is 0 Å². The summed E-state index contributed by atoms with van der Waals surface area (Å²) in [5.74, 6) is 0. The highest BCUT2D eigenvalue weighted by atomic mass is 16.5. The topological polar surface area (TPSA) is 12.5 Å². The van der Waals surface area contributed by atoms with E-state index in [2.05, 4.69) is 39.6 Å². The fourth-order valence-electron chi connectivity index (χ4n) is 1.17. The Morgan fingerprint density at radius 1 is 1.15 bits per heavy atom. The molecule has 0 aromatic carbocycles. The van der Waals surface area contributed by atoms with Crippen molar-refractivity contribution in [2.45, 2.75) is 52.7 Å². The molecule has 0 N–H and O–H groups in total. The number of likely N-dealkylation sites (N-methyl/N-ethyl adjacent to an activating group) is 1.